The van der Waals surface area contributed by atoms with Crippen molar-refractivity contribution >= 4 is 10.0 Å². The van der Waals surface area contributed by atoms with Crippen LogP contribution in [0.5, 0.6) is 0 Å². The first-order valence-corrected chi connectivity index (χ1v) is 6.48. The summed E-state index contributed by atoms with van der Waals surface area (Å²) in [5.41, 5.74) is 0.595. The summed E-state index contributed by atoms with van der Waals surface area (Å²) >= 11 is 0. The second-order valence-corrected chi connectivity index (χ2v) is 5.48. The van der Waals surface area contributed by atoms with Crippen LogP contribution in [0.3, 0.4) is 0 Å². The zero-order valence-electron chi connectivity index (χ0n) is 9.42. The SMILES string of the molecule is CCCN(C)S(=O)(=O)c1ccc(CO)cn1. The number of aromatic nitrogens is 1. The Bertz CT molecular complexity index is 428. The lowest BCUT2D eigenvalue weighted by Gasteiger charge is -2.15. The molecule has 0 unspecified atom stereocenters. The van der Waals surface area contributed by atoms with E-state index in [0.717, 1.165) is 6.42 Å². The van der Waals surface area contributed by atoms with E-state index in [2.05, 4.69) is 4.98 Å². The molecule has 0 amide bonds. The second-order valence-electron chi connectivity index (χ2n) is 3.49. The Hall–Kier alpha value is -0.980. The van der Waals surface area contributed by atoms with E-state index < -0.39 is 10.0 Å². The molecular weight excluding hydrogens is 228 g/mol. The van der Waals surface area contributed by atoms with Crippen LogP contribution in [0.1, 0.15) is 18.9 Å². The van der Waals surface area contributed by atoms with Crippen LogP contribution in [0.4, 0.5) is 0 Å². The molecule has 5 nitrogen and oxygen atoms in total. The van der Waals surface area contributed by atoms with Crippen molar-refractivity contribution in [1.82, 2.24) is 9.29 Å². The molecule has 1 aromatic heterocycles. The molecule has 0 atom stereocenters. The molecule has 1 rings (SSSR count). The van der Waals surface area contributed by atoms with Gasteiger partial charge in [-0.3, -0.25) is 0 Å². The molecule has 0 bridgehead atoms. The van der Waals surface area contributed by atoms with Gasteiger partial charge in [-0.15, -0.1) is 0 Å². The van der Waals surface area contributed by atoms with Crippen molar-refractivity contribution in [2.75, 3.05) is 13.6 Å². The highest BCUT2D eigenvalue weighted by Crippen LogP contribution is 2.12. The minimum Gasteiger partial charge on any atom is -0.392 e. The number of pyridine rings is 1. The van der Waals surface area contributed by atoms with Crippen molar-refractivity contribution in [3.05, 3.63) is 23.9 Å². The van der Waals surface area contributed by atoms with Gasteiger partial charge in [0.05, 0.1) is 6.61 Å². The lowest BCUT2D eigenvalue weighted by Crippen LogP contribution is -2.28. The highest BCUT2D eigenvalue weighted by molar-refractivity contribution is 7.89. The van der Waals surface area contributed by atoms with E-state index in [9.17, 15) is 8.42 Å². The normalized spacial score (nSPS) is 12.0. The summed E-state index contributed by atoms with van der Waals surface area (Å²) in [5.74, 6) is 0. The van der Waals surface area contributed by atoms with Gasteiger partial charge in [0.15, 0.2) is 5.03 Å². The lowest BCUT2D eigenvalue weighted by molar-refractivity contribution is 0.281. The molecule has 6 heteroatoms. The molecule has 0 spiro atoms. The zero-order chi connectivity index (χ0) is 12.2. The molecule has 1 heterocycles. The second kappa shape index (κ2) is 5.38. The molecule has 0 saturated heterocycles. The third-order valence-electron chi connectivity index (χ3n) is 2.19. The molecular formula is C10H16N2O3S. The Morgan fingerprint density at radius 1 is 1.44 bits per heavy atom. The molecule has 16 heavy (non-hydrogen) atoms. The highest BCUT2D eigenvalue weighted by Gasteiger charge is 2.20. The minimum atomic E-state index is -3.49. The largest absolute Gasteiger partial charge is 0.392 e. The van der Waals surface area contributed by atoms with E-state index in [0.29, 0.717) is 12.1 Å². The maximum absolute atomic E-state index is 11.9. The lowest BCUT2D eigenvalue weighted by atomic mass is 10.3. The van der Waals surface area contributed by atoms with Crippen LogP contribution >= 0.6 is 0 Å². The van der Waals surface area contributed by atoms with Crippen LogP contribution in [0.15, 0.2) is 23.4 Å². The first kappa shape index (κ1) is 13.1. The molecule has 0 saturated carbocycles. The maximum atomic E-state index is 11.9. The van der Waals surface area contributed by atoms with Crippen molar-refractivity contribution in [1.29, 1.82) is 0 Å². The summed E-state index contributed by atoms with van der Waals surface area (Å²) in [6.07, 6.45) is 2.12. The average Bonchev–Trinajstić information content (AvgIpc) is 2.29. The van der Waals surface area contributed by atoms with Gasteiger partial charge in [0.2, 0.25) is 0 Å². The molecule has 1 aromatic rings. The number of sulfonamides is 1. The minimum absolute atomic E-state index is 0.0145. The van der Waals surface area contributed by atoms with Crippen LogP contribution in [-0.4, -0.2) is 36.4 Å². The van der Waals surface area contributed by atoms with Gasteiger partial charge in [-0.1, -0.05) is 13.0 Å². The predicted molar refractivity (Wildman–Crippen MR) is 60.3 cm³/mol. The third kappa shape index (κ3) is 2.78. The average molecular weight is 244 g/mol. The van der Waals surface area contributed by atoms with Gasteiger partial charge in [0, 0.05) is 19.8 Å². The van der Waals surface area contributed by atoms with Crippen molar-refractivity contribution in [3.8, 4) is 0 Å². The van der Waals surface area contributed by atoms with Crippen molar-refractivity contribution in [3.63, 3.8) is 0 Å². The monoisotopic (exact) mass is 244 g/mol. The van der Waals surface area contributed by atoms with Crippen LogP contribution in [0, 0.1) is 0 Å². The summed E-state index contributed by atoms with van der Waals surface area (Å²) in [4.78, 5) is 3.83. The quantitative estimate of drug-likeness (QED) is 0.823. The Labute approximate surface area is 95.8 Å². The van der Waals surface area contributed by atoms with Gasteiger partial charge in [-0.05, 0) is 18.1 Å². The molecule has 0 fully saturated rings. The van der Waals surface area contributed by atoms with Gasteiger partial charge in [0.25, 0.3) is 10.0 Å². The van der Waals surface area contributed by atoms with Gasteiger partial charge in [0.1, 0.15) is 0 Å². The molecule has 0 aromatic carbocycles. The Morgan fingerprint density at radius 3 is 2.56 bits per heavy atom. The predicted octanol–water partition coefficient (Wildman–Crippen LogP) is 0.604. The number of hydrogen-bond acceptors (Lipinski definition) is 4. The Morgan fingerprint density at radius 2 is 2.12 bits per heavy atom. The summed E-state index contributed by atoms with van der Waals surface area (Å²) in [6, 6.07) is 2.96. The van der Waals surface area contributed by atoms with E-state index in [-0.39, 0.29) is 11.6 Å². The van der Waals surface area contributed by atoms with E-state index in [1.807, 2.05) is 6.92 Å². The van der Waals surface area contributed by atoms with E-state index in [1.54, 1.807) is 6.07 Å². The summed E-state index contributed by atoms with van der Waals surface area (Å²) in [7, 11) is -1.96. The smallest absolute Gasteiger partial charge is 0.260 e. The fourth-order valence-electron chi connectivity index (χ4n) is 1.25. The first-order chi connectivity index (χ1) is 7.52. The van der Waals surface area contributed by atoms with Gasteiger partial charge < -0.3 is 5.11 Å². The van der Waals surface area contributed by atoms with Gasteiger partial charge in [-0.2, -0.15) is 4.31 Å². The first-order valence-electron chi connectivity index (χ1n) is 5.04. The molecule has 0 aliphatic heterocycles. The third-order valence-corrected chi connectivity index (χ3v) is 3.97. The van der Waals surface area contributed by atoms with Crippen molar-refractivity contribution in [2.24, 2.45) is 0 Å². The van der Waals surface area contributed by atoms with Crippen LogP contribution in [0.2, 0.25) is 0 Å². The van der Waals surface area contributed by atoms with Crippen LogP contribution in [-0.2, 0) is 16.6 Å². The van der Waals surface area contributed by atoms with Gasteiger partial charge in [-0.25, -0.2) is 13.4 Å². The number of aliphatic hydroxyl groups is 1. The summed E-state index contributed by atoms with van der Waals surface area (Å²) < 4.78 is 25.1. The van der Waals surface area contributed by atoms with Crippen molar-refractivity contribution in [2.45, 2.75) is 25.0 Å². The standard InChI is InChI=1S/C10H16N2O3S/c1-3-6-12(2)16(14,15)10-5-4-9(8-13)7-11-10/h4-5,7,13H,3,6,8H2,1-2H3. The number of nitrogens with zero attached hydrogens (tertiary/aromatic N) is 2. The summed E-state index contributed by atoms with van der Waals surface area (Å²) in [6.45, 7) is 2.23. The van der Waals surface area contributed by atoms with Crippen molar-refractivity contribution < 1.29 is 13.5 Å². The molecule has 0 aliphatic rings. The van der Waals surface area contributed by atoms with E-state index in [1.165, 1.54) is 23.6 Å². The van der Waals surface area contributed by atoms with Gasteiger partial charge >= 0.3 is 0 Å². The number of aliphatic hydroxyl groups excluding tert-OH is 1. The zero-order valence-corrected chi connectivity index (χ0v) is 10.2. The van der Waals surface area contributed by atoms with Crippen LogP contribution < -0.4 is 0 Å². The fourth-order valence-corrected chi connectivity index (χ4v) is 2.42. The highest BCUT2D eigenvalue weighted by atomic mass is 32.2. The van der Waals surface area contributed by atoms with E-state index in [4.69, 9.17) is 5.11 Å². The Kier molecular flexibility index (Phi) is 4.40. The molecule has 1 N–H and O–H groups in total. The molecule has 0 aliphatic carbocycles. The number of hydrogen-bond donors (Lipinski definition) is 1. The molecule has 0 radical (unpaired) electrons. The fraction of sp³-hybridized carbons (Fsp3) is 0.500. The number of rotatable bonds is 5. The van der Waals surface area contributed by atoms with Crippen LogP contribution in [0.25, 0.3) is 0 Å². The topological polar surface area (TPSA) is 70.5 Å². The van der Waals surface area contributed by atoms with E-state index >= 15 is 0 Å². The summed E-state index contributed by atoms with van der Waals surface area (Å²) in [5, 5.41) is 8.84. The molecule has 90 valence electrons. The Balaban J connectivity index is 2.98. The maximum Gasteiger partial charge on any atom is 0.260 e.